The Morgan fingerprint density at radius 2 is 2.13 bits per heavy atom. The Labute approximate surface area is 98.8 Å². The highest BCUT2D eigenvalue weighted by atomic mass is 79.9. The molecule has 0 aromatic heterocycles. The van der Waals surface area contributed by atoms with Gasteiger partial charge < -0.3 is 4.74 Å². The van der Waals surface area contributed by atoms with E-state index in [0.29, 0.717) is 12.2 Å². The van der Waals surface area contributed by atoms with E-state index in [4.69, 9.17) is 4.74 Å². The maximum atomic E-state index is 11.7. The van der Waals surface area contributed by atoms with E-state index in [2.05, 4.69) is 15.9 Å². The third-order valence-corrected chi connectivity index (χ3v) is 2.53. The number of ether oxygens (including phenoxy) is 1. The van der Waals surface area contributed by atoms with Crippen LogP contribution in [0.25, 0.3) is 0 Å². The fraction of sp³-hybridized carbons (Fsp3) is 0.417. The summed E-state index contributed by atoms with van der Waals surface area (Å²) in [7, 11) is 0. The quantitative estimate of drug-likeness (QED) is 0.623. The summed E-state index contributed by atoms with van der Waals surface area (Å²) in [5.74, 6) is -0.248. The fourth-order valence-electron chi connectivity index (χ4n) is 1.24. The van der Waals surface area contributed by atoms with Gasteiger partial charge in [0.25, 0.3) is 0 Å². The van der Waals surface area contributed by atoms with E-state index in [-0.39, 0.29) is 10.8 Å². The molecular weight excluding hydrogens is 256 g/mol. The summed E-state index contributed by atoms with van der Waals surface area (Å²) < 4.78 is 5.14. The summed E-state index contributed by atoms with van der Waals surface area (Å²) in [5, 5.41) is 0. The van der Waals surface area contributed by atoms with E-state index in [0.717, 1.165) is 11.1 Å². The van der Waals surface area contributed by atoms with Crippen LogP contribution in [0.4, 0.5) is 0 Å². The van der Waals surface area contributed by atoms with Crippen molar-refractivity contribution >= 4 is 21.9 Å². The highest BCUT2D eigenvalue weighted by Crippen LogP contribution is 2.14. The van der Waals surface area contributed by atoms with Gasteiger partial charge in [-0.05, 0) is 38.0 Å². The largest absolute Gasteiger partial charge is 0.461 e. The molecule has 0 aliphatic rings. The van der Waals surface area contributed by atoms with Crippen molar-refractivity contribution < 1.29 is 9.53 Å². The van der Waals surface area contributed by atoms with E-state index in [1.54, 1.807) is 6.07 Å². The molecular formula is C12H15BrO2. The standard InChI is InChI=1S/C12H15BrO2/c1-8-5-4-6-11(10(8)3)12(14)15-7-9(2)13/h4-6,9H,7H2,1-3H3. The molecule has 0 bridgehead atoms. The molecule has 1 unspecified atom stereocenters. The lowest BCUT2D eigenvalue weighted by molar-refractivity contribution is 0.0511. The molecule has 15 heavy (non-hydrogen) atoms. The minimum absolute atomic E-state index is 0.187. The normalized spacial score (nSPS) is 12.3. The van der Waals surface area contributed by atoms with Crippen LogP contribution in [0.5, 0.6) is 0 Å². The molecule has 0 fully saturated rings. The Hall–Kier alpha value is -0.830. The van der Waals surface area contributed by atoms with E-state index in [1.807, 2.05) is 32.9 Å². The van der Waals surface area contributed by atoms with Crippen LogP contribution in [0.2, 0.25) is 0 Å². The number of esters is 1. The van der Waals surface area contributed by atoms with E-state index in [1.165, 1.54) is 0 Å². The second kappa shape index (κ2) is 5.31. The molecule has 0 aliphatic carbocycles. The molecule has 1 aromatic rings. The zero-order chi connectivity index (χ0) is 11.4. The van der Waals surface area contributed by atoms with Gasteiger partial charge in [0.1, 0.15) is 6.61 Å². The van der Waals surface area contributed by atoms with E-state index in [9.17, 15) is 4.79 Å². The fourth-order valence-corrected chi connectivity index (χ4v) is 1.37. The zero-order valence-corrected chi connectivity index (χ0v) is 10.8. The van der Waals surface area contributed by atoms with Crippen LogP contribution in [0.1, 0.15) is 28.4 Å². The first-order chi connectivity index (χ1) is 7.02. The molecule has 3 heteroatoms. The number of hydrogen-bond donors (Lipinski definition) is 0. The van der Waals surface area contributed by atoms with Gasteiger partial charge in [0.2, 0.25) is 0 Å². The van der Waals surface area contributed by atoms with Gasteiger partial charge in [-0.1, -0.05) is 28.1 Å². The second-order valence-corrected chi connectivity index (χ2v) is 5.19. The average Bonchev–Trinajstić information content (AvgIpc) is 2.18. The van der Waals surface area contributed by atoms with Gasteiger partial charge in [-0.25, -0.2) is 4.79 Å². The van der Waals surface area contributed by atoms with Crippen molar-refractivity contribution in [3.63, 3.8) is 0 Å². The first-order valence-corrected chi connectivity index (χ1v) is 5.81. The Morgan fingerprint density at radius 3 is 2.73 bits per heavy atom. The van der Waals surface area contributed by atoms with Crippen molar-refractivity contribution in [2.24, 2.45) is 0 Å². The van der Waals surface area contributed by atoms with Crippen molar-refractivity contribution in [2.45, 2.75) is 25.6 Å². The van der Waals surface area contributed by atoms with Crippen molar-refractivity contribution in [3.8, 4) is 0 Å². The lowest BCUT2D eigenvalue weighted by Gasteiger charge is -2.09. The van der Waals surface area contributed by atoms with Gasteiger partial charge in [-0.3, -0.25) is 0 Å². The lowest BCUT2D eigenvalue weighted by atomic mass is 10.0. The molecule has 0 radical (unpaired) electrons. The maximum absolute atomic E-state index is 11.7. The molecule has 0 heterocycles. The van der Waals surface area contributed by atoms with E-state index >= 15 is 0 Å². The molecule has 1 aromatic carbocycles. The van der Waals surface area contributed by atoms with Gasteiger partial charge in [0, 0.05) is 4.83 Å². The summed E-state index contributed by atoms with van der Waals surface area (Å²) in [6.45, 7) is 6.26. The van der Waals surface area contributed by atoms with Crippen LogP contribution < -0.4 is 0 Å². The van der Waals surface area contributed by atoms with Crippen LogP contribution in [0, 0.1) is 13.8 Å². The van der Waals surface area contributed by atoms with Gasteiger partial charge in [0.05, 0.1) is 5.56 Å². The molecule has 1 atom stereocenters. The molecule has 0 spiro atoms. The highest BCUT2D eigenvalue weighted by molar-refractivity contribution is 9.09. The Kier molecular flexibility index (Phi) is 4.33. The number of hydrogen-bond acceptors (Lipinski definition) is 2. The predicted molar refractivity (Wildman–Crippen MR) is 64.6 cm³/mol. The number of aryl methyl sites for hydroxylation is 1. The molecule has 1 rings (SSSR count). The smallest absolute Gasteiger partial charge is 0.338 e. The molecule has 82 valence electrons. The predicted octanol–water partition coefficient (Wildman–Crippen LogP) is 3.24. The molecule has 0 aliphatic heterocycles. The molecule has 0 N–H and O–H groups in total. The first-order valence-electron chi connectivity index (χ1n) is 4.89. The summed E-state index contributed by atoms with van der Waals surface area (Å²) in [6.07, 6.45) is 0. The van der Waals surface area contributed by atoms with Crippen molar-refractivity contribution in [1.82, 2.24) is 0 Å². The van der Waals surface area contributed by atoms with Crippen LogP contribution in [-0.4, -0.2) is 17.4 Å². The van der Waals surface area contributed by atoms with Crippen LogP contribution in [0.3, 0.4) is 0 Å². The van der Waals surface area contributed by atoms with Crippen LogP contribution in [-0.2, 0) is 4.74 Å². The number of alkyl halides is 1. The van der Waals surface area contributed by atoms with Crippen molar-refractivity contribution in [1.29, 1.82) is 0 Å². The van der Waals surface area contributed by atoms with Crippen molar-refractivity contribution in [3.05, 3.63) is 34.9 Å². The average molecular weight is 271 g/mol. The number of benzene rings is 1. The third kappa shape index (κ3) is 3.34. The van der Waals surface area contributed by atoms with Gasteiger partial charge >= 0.3 is 5.97 Å². The summed E-state index contributed by atoms with van der Waals surface area (Å²) in [5.41, 5.74) is 2.75. The number of carbonyl (C=O) groups is 1. The van der Waals surface area contributed by atoms with Gasteiger partial charge in [0.15, 0.2) is 0 Å². The lowest BCUT2D eigenvalue weighted by Crippen LogP contribution is -2.12. The van der Waals surface area contributed by atoms with Crippen molar-refractivity contribution in [2.75, 3.05) is 6.61 Å². The summed E-state index contributed by atoms with van der Waals surface area (Å²) >= 11 is 3.33. The molecule has 2 nitrogen and oxygen atoms in total. The Balaban J connectivity index is 2.78. The second-order valence-electron chi connectivity index (χ2n) is 3.63. The number of rotatable bonds is 3. The zero-order valence-electron chi connectivity index (χ0n) is 9.21. The number of carbonyl (C=O) groups excluding carboxylic acids is 1. The minimum Gasteiger partial charge on any atom is -0.461 e. The monoisotopic (exact) mass is 270 g/mol. The first kappa shape index (κ1) is 12.2. The van der Waals surface area contributed by atoms with Crippen LogP contribution in [0.15, 0.2) is 18.2 Å². The van der Waals surface area contributed by atoms with E-state index < -0.39 is 0 Å². The summed E-state index contributed by atoms with van der Waals surface area (Å²) in [6, 6.07) is 5.65. The third-order valence-electron chi connectivity index (χ3n) is 2.27. The molecule has 0 saturated heterocycles. The SMILES string of the molecule is Cc1cccc(C(=O)OCC(C)Br)c1C. The Bertz CT molecular complexity index is 359. The van der Waals surface area contributed by atoms with Gasteiger partial charge in [-0.2, -0.15) is 0 Å². The highest BCUT2D eigenvalue weighted by Gasteiger charge is 2.11. The Morgan fingerprint density at radius 1 is 1.47 bits per heavy atom. The maximum Gasteiger partial charge on any atom is 0.338 e. The van der Waals surface area contributed by atoms with Crippen LogP contribution >= 0.6 is 15.9 Å². The van der Waals surface area contributed by atoms with Gasteiger partial charge in [-0.15, -0.1) is 0 Å². The summed E-state index contributed by atoms with van der Waals surface area (Å²) in [4.78, 5) is 11.9. The number of halogens is 1. The topological polar surface area (TPSA) is 26.3 Å². The minimum atomic E-state index is -0.248. The molecule has 0 amide bonds. The molecule has 0 saturated carbocycles.